The minimum atomic E-state index is -5.52. The van der Waals surface area contributed by atoms with Gasteiger partial charge in [0.15, 0.2) is 0 Å². The quantitative estimate of drug-likeness (QED) is 0.409. The van der Waals surface area contributed by atoms with Crippen molar-refractivity contribution in [2.24, 2.45) is 0 Å². The van der Waals surface area contributed by atoms with Crippen LogP contribution in [0.3, 0.4) is 0 Å². The Morgan fingerprint density at radius 3 is 0.867 bits per heavy atom. The Bertz CT molecular complexity index is 546. The van der Waals surface area contributed by atoms with Gasteiger partial charge in [-0.2, -0.15) is 26.3 Å². The molecule has 0 N–H and O–H groups in total. The van der Waals surface area contributed by atoms with Crippen molar-refractivity contribution in [3.63, 3.8) is 0 Å². The molecule has 0 unspecified atom stereocenters. The van der Waals surface area contributed by atoms with Gasteiger partial charge in [0.25, 0.3) is 0 Å². The Balaban J connectivity index is -0.000000709. The first-order valence-electron chi connectivity index (χ1n) is 10.4. The summed E-state index contributed by atoms with van der Waals surface area (Å²) in [5.74, 6) is 0. The number of halogens is 6. The fourth-order valence-electron chi connectivity index (χ4n) is 2.36. The number of rotatable bonds is 2. The molecule has 6 heteroatoms. The number of hydrogen-bond donors (Lipinski definition) is 0. The Labute approximate surface area is 178 Å². The van der Waals surface area contributed by atoms with Gasteiger partial charge in [0.1, 0.15) is 0 Å². The van der Waals surface area contributed by atoms with E-state index < -0.39 is 28.9 Å². The monoisotopic (exact) mass is 438 g/mol. The van der Waals surface area contributed by atoms with Crippen LogP contribution in [-0.4, -0.2) is 12.4 Å². The van der Waals surface area contributed by atoms with E-state index in [1.165, 1.54) is 18.6 Å². The van der Waals surface area contributed by atoms with Crippen LogP contribution in [-0.2, 0) is 5.41 Å². The molecule has 0 heterocycles. The minimum absolute atomic E-state index is 0.841. The minimum Gasteiger partial charge on any atom is -0.169 e. The van der Waals surface area contributed by atoms with Gasteiger partial charge in [-0.3, -0.25) is 0 Å². The van der Waals surface area contributed by atoms with Crippen LogP contribution in [0.4, 0.5) is 26.3 Å². The van der Waals surface area contributed by atoms with Crippen LogP contribution in [0.15, 0.2) is 60.7 Å². The van der Waals surface area contributed by atoms with Gasteiger partial charge in [0, 0.05) is 0 Å². The van der Waals surface area contributed by atoms with E-state index in [9.17, 15) is 26.3 Å². The summed E-state index contributed by atoms with van der Waals surface area (Å²) in [4.78, 5) is 0. The third-order valence-corrected chi connectivity index (χ3v) is 3.26. The fourth-order valence-corrected chi connectivity index (χ4v) is 2.36. The van der Waals surface area contributed by atoms with Gasteiger partial charge in [-0.1, -0.05) is 122 Å². The lowest BCUT2D eigenvalue weighted by Gasteiger charge is -2.38. The van der Waals surface area contributed by atoms with Crippen LogP contribution in [0.25, 0.3) is 0 Å². The number of benzene rings is 2. The van der Waals surface area contributed by atoms with E-state index in [0.717, 1.165) is 48.5 Å². The van der Waals surface area contributed by atoms with Crippen molar-refractivity contribution in [3.8, 4) is 0 Å². The summed E-state index contributed by atoms with van der Waals surface area (Å²) in [5, 5.41) is 0. The molecule has 2 aromatic carbocycles. The summed E-state index contributed by atoms with van der Waals surface area (Å²) in [6.45, 7) is 16.2. The largest absolute Gasteiger partial charge is 0.411 e. The van der Waals surface area contributed by atoms with Crippen molar-refractivity contribution in [3.05, 3.63) is 71.8 Å². The molecule has 0 amide bonds. The van der Waals surface area contributed by atoms with Crippen molar-refractivity contribution in [1.29, 1.82) is 0 Å². The zero-order chi connectivity index (χ0) is 24.4. The highest BCUT2D eigenvalue weighted by Gasteiger charge is 2.72. The van der Waals surface area contributed by atoms with Gasteiger partial charge >= 0.3 is 12.4 Å². The Hall–Kier alpha value is -1.98. The maximum Gasteiger partial charge on any atom is 0.411 e. The summed E-state index contributed by atoms with van der Waals surface area (Å²) in [6.07, 6.45) is -9.79. The molecule has 0 saturated carbocycles. The molecule has 0 bridgehead atoms. The number of hydrogen-bond acceptors (Lipinski definition) is 0. The SMILES string of the molecule is CC.CC.CC.CCC.FC(F)(F)C(c1ccccc1)(c1ccccc1)C(F)(F)F. The van der Waals surface area contributed by atoms with Crippen LogP contribution in [0, 0.1) is 0 Å². The average molecular weight is 439 g/mol. The van der Waals surface area contributed by atoms with Crippen molar-refractivity contribution < 1.29 is 26.3 Å². The molecule has 0 fully saturated rings. The van der Waals surface area contributed by atoms with Crippen LogP contribution in [0.1, 0.15) is 72.9 Å². The highest BCUT2D eigenvalue weighted by Crippen LogP contribution is 2.55. The second-order valence-corrected chi connectivity index (χ2v) is 5.18. The van der Waals surface area contributed by atoms with Crippen molar-refractivity contribution in [1.82, 2.24) is 0 Å². The Morgan fingerprint density at radius 1 is 0.500 bits per heavy atom. The topological polar surface area (TPSA) is 0 Å². The van der Waals surface area contributed by atoms with Crippen LogP contribution >= 0.6 is 0 Å². The van der Waals surface area contributed by atoms with Gasteiger partial charge < -0.3 is 0 Å². The average Bonchev–Trinajstić information content (AvgIpc) is 2.73. The molecule has 2 aromatic rings. The van der Waals surface area contributed by atoms with Gasteiger partial charge in [-0.15, -0.1) is 0 Å². The van der Waals surface area contributed by atoms with Crippen LogP contribution in [0.5, 0.6) is 0 Å². The molecule has 0 saturated heterocycles. The zero-order valence-corrected chi connectivity index (χ0v) is 19.2. The Morgan fingerprint density at radius 2 is 0.700 bits per heavy atom. The molecule has 0 aliphatic rings. The lowest BCUT2D eigenvalue weighted by atomic mass is 9.73. The summed E-state index contributed by atoms with van der Waals surface area (Å²) in [5.41, 5.74) is -5.74. The van der Waals surface area contributed by atoms with Crippen molar-refractivity contribution in [2.75, 3.05) is 0 Å². The van der Waals surface area contributed by atoms with Crippen molar-refractivity contribution >= 4 is 0 Å². The zero-order valence-electron chi connectivity index (χ0n) is 19.2. The van der Waals surface area contributed by atoms with Gasteiger partial charge in [0.05, 0.1) is 0 Å². The molecular weight excluding hydrogens is 402 g/mol. The highest BCUT2D eigenvalue weighted by molar-refractivity contribution is 5.43. The van der Waals surface area contributed by atoms with Gasteiger partial charge in [-0.05, 0) is 11.1 Å². The second kappa shape index (κ2) is 16.8. The third-order valence-electron chi connectivity index (χ3n) is 3.26. The van der Waals surface area contributed by atoms with E-state index in [-0.39, 0.29) is 0 Å². The molecular formula is C24H36F6. The molecule has 0 spiro atoms. The molecule has 0 atom stereocenters. The summed E-state index contributed by atoms with van der Waals surface area (Å²) in [7, 11) is 0. The Kier molecular flexibility index (Phi) is 18.3. The maximum absolute atomic E-state index is 13.5. The summed E-state index contributed by atoms with van der Waals surface area (Å²) < 4.78 is 81.1. The van der Waals surface area contributed by atoms with E-state index >= 15 is 0 Å². The highest BCUT2D eigenvalue weighted by atomic mass is 19.4. The number of alkyl halides is 6. The van der Waals surface area contributed by atoms with Crippen LogP contribution in [0.2, 0.25) is 0 Å². The van der Waals surface area contributed by atoms with E-state index in [1.807, 2.05) is 41.5 Å². The molecule has 0 aliphatic carbocycles. The van der Waals surface area contributed by atoms with Crippen LogP contribution < -0.4 is 0 Å². The van der Waals surface area contributed by atoms with E-state index in [1.54, 1.807) is 0 Å². The molecule has 0 aliphatic heterocycles. The third kappa shape index (κ3) is 8.41. The molecule has 30 heavy (non-hydrogen) atoms. The molecule has 174 valence electrons. The van der Waals surface area contributed by atoms with Gasteiger partial charge in [-0.25, -0.2) is 0 Å². The first-order valence-corrected chi connectivity index (χ1v) is 10.4. The standard InChI is InChI=1S/C15H10F6.C3H8.3C2H6/c16-14(17,18)13(15(19,20)21,11-7-3-1-4-8-11)12-9-5-2-6-10-12;1-3-2;3*1-2/h1-10H;3H2,1-2H3;3*1-2H3. The summed E-state index contributed by atoms with van der Waals surface area (Å²) >= 11 is 0. The first-order chi connectivity index (χ1) is 14.1. The summed E-state index contributed by atoms with van der Waals surface area (Å²) in [6, 6.07) is 10.7. The first kappa shape index (κ1) is 32.7. The van der Waals surface area contributed by atoms with E-state index in [2.05, 4.69) is 13.8 Å². The maximum atomic E-state index is 13.5. The smallest absolute Gasteiger partial charge is 0.169 e. The molecule has 0 aromatic heterocycles. The predicted octanol–water partition coefficient (Wildman–Crippen LogP) is 9.59. The molecule has 0 radical (unpaired) electrons. The van der Waals surface area contributed by atoms with E-state index in [4.69, 9.17) is 0 Å². The molecule has 2 rings (SSSR count). The van der Waals surface area contributed by atoms with Crippen molar-refractivity contribution in [2.45, 2.75) is 79.6 Å². The lowest BCUT2D eigenvalue weighted by molar-refractivity contribution is -0.288. The van der Waals surface area contributed by atoms with E-state index in [0.29, 0.717) is 0 Å². The molecule has 0 nitrogen and oxygen atoms in total. The predicted molar refractivity (Wildman–Crippen MR) is 116 cm³/mol. The lowest BCUT2D eigenvalue weighted by Crippen LogP contribution is -2.54. The normalized spacial score (nSPS) is 10.5. The van der Waals surface area contributed by atoms with Gasteiger partial charge in [0.2, 0.25) is 5.41 Å². The second-order valence-electron chi connectivity index (χ2n) is 5.18. The fraction of sp³-hybridized carbons (Fsp3) is 0.500.